The van der Waals surface area contributed by atoms with E-state index in [0.29, 0.717) is 31.2 Å². The van der Waals surface area contributed by atoms with E-state index in [-0.39, 0.29) is 11.8 Å². The predicted octanol–water partition coefficient (Wildman–Crippen LogP) is 3.08. The van der Waals surface area contributed by atoms with Gasteiger partial charge in [0.15, 0.2) is 17.8 Å². The zero-order chi connectivity index (χ0) is 19.1. The summed E-state index contributed by atoms with van der Waals surface area (Å²) in [5, 5.41) is 7.68. The number of aromatic nitrogens is 3. The molecule has 1 atom stereocenters. The number of carbonyl (C=O) groups is 1. The van der Waals surface area contributed by atoms with Crippen molar-refractivity contribution in [3.63, 3.8) is 0 Å². The highest BCUT2D eigenvalue weighted by molar-refractivity contribution is 5.97. The number of amides is 1. The number of aromatic amines is 1. The standard InChI is InChI=1S/C21H22N4O3/c1-13-3-2-4-14(9-13)20-19(22-12-28-20)21(26)25-7-5-15(10-25)18-16-11-27-8-6-17(16)23-24-18/h2-4,9,12,15H,5-8,10-11H2,1H3,(H,23,24). The molecule has 28 heavy (non-hydrogen) atoms. The maximum atomic E-state index is 13.1. The van der Waals surface area contributed by atoms with Gasteiger partial charge in [0.1, 0.15) is 0 Å². The maximum Gasteiger partial charge on any atom is 0.276 e. The van der Waals surface area contributed by atoms with Crippen LogP contribution in [0.15, 0.2) is 35.1 Å². The highest BCUT2D eigenvalue weighted by Crippen LogP contribution is 2.33. The molecule has 144 valence electrons. The molecule has 1 aromatic carbocycles. The number of benzene rings is 1. The fraction of sp³-hybridized carbons (Fsp3) is 0.381. The SMILES string of the molecule is Cc1cccc(-c2ocnc2C(=O)N2CCC(c3n[nH]c4c3COCC4)C2)c1. The first kappa shape index (κ1) is 17.2. The minimum absolute atomic E-state index is 0.0894. The second-order valence-electron chi connectivity index (χ2n) is 7.50. The van der Waals surface area contributed by atoms with E-state index in [1.807, 2.05) is 36.1 Å². The summed E-state index contributed by atoms with van der Waals surface area (Å²) in [6, 6.07) is 7.91. The number of nitrogens with zero attached hydrogens (tertiary/aromatic N) is 3. The molecule has 1 amide bonds. The first-order valence-electron chi connectivity index (χ1n) is 9.64. The van der Waals surface area contributed by atoms with E-state index in [1.165, 1.54) is 17.7 Å². The lowest BCUT2D eigenvalue weighted by Gasteiger charge is -2.17. The van der Waals surface area contributed by atoms with Gasteiger partial charge in [-0.2, -0.15) is 5.10 Å². The van der Waals surface area contributed by atoms with Gasteiger partial charge in [-0.3, -0.25) is 9.89 Å². The van der Waals surface area contributed by atoms with Crippen LogP contribution in [0.4, 0.5) is 0 Å². The summed E-state index contributed by atoms with van der Waals surface area (Å²) in [6.45, 7) is 4.67. The molecule has 0 saturated carbocycles. The monoisotopic (exact) mass is 378 g/mol. The van der Waals surface area contributed by atoms with Gasteiger partial charge in [0.2, 0.25) is 0 Å². The smallest absolute Gasteiger partial charge is 0.276 e. The molecule has 1 N–H and O–H groups in total. The number of aryl methyl sites for hydroxylation is 1. The Labute approximate surface area is 162 Å². The summed E-state index contributed by atoms with van der Waals surface area (Å²) >= 11 is 0. The van der Waals surface area contributed by atoms with Gasteiger partial charge in [-0.15, -0.1) is 0 Å². The number of hydrogen-bond acceptors (Lipinski definition) is 5. The zero-order valence-corrected chi connectivity index (χ0v) is 15.8. The predicted molar refractivity (Wildman–Crippen MR) is 102 cm³/mol. The largest absolute Gasteiger partial charge is 0.443 e. The van der Waals surface area contributed by atoms with E-state index in [0.717, 1.165) is 36.3 Å². The number of hydrogen-bond donors (Lipinski definition) is 1. The lowest BCUT2D eigenvalue weighted by Crippen LogP contribution is -2.29. The fourth-order valence-electron chi connectivity index (χ4n) is 4.18. The molecular weight excluding hydrogens is 356 g/mol. The summed E-state index contributed by atoms with van der Waals surface area (Å²) in [5.74, 6) is 0.663. The van der Waals surface area contributed by atoms with Crippen LogP contribution in [0.5, 0.6) is 0 Å². The number of oxazole rings is 1. The first-order valence-corrected chi connectivity index (χ1v) is 9.64. The normalized spacial score (nSPS) is 19.0. The van der Waals surface area contributed by atoms with Gasteiger partial charge in [0.25, 0.3) is 5.91 Å². The molecule has 0 spiro atoms. The van der Waals surface area contributed by atoms with Gasteiger partial charge in [-0.05, 0) is 19.4 Å². The Morgan fingerprint density at radius 3 is 3.18 bits per heavy atom. The van der Waals surface area contributed by atoms with Crippen LogP contribution >= 0.6 is 0 Å². The van der Waals surface area contributed by atoms with Crippen LogP contribution in [0.2, 0.25) is 0 Å². The van der Waals surface area contributed by atoms with Gasteiger partial charge in [-0.1, -0.05) is 23.8 Å². The van der Waals surface area contributed by atoms with Gasteiger partial charge in [0.05, 0.1) is 18.9 Å². The van der Waals surface area contributed by atoms with Crippen LogP contribution in [0.25, 0.3) is 11.3 Å². The molecule has 7 nitrogen and oxygen atoms in total. The number of likely N-dealkylation sites (tertiary alicyclic amines) is 1. The lowest BCUT2D eigenvalue weighted by molar-refractivity contribution is 0.0785. The minimum Gasteiger partial charge on any atom is -0.443 e. The third kappa shape index (κ3) is 2.92. The van der Waals surface area contributed by atoms with E-state index >= 15 is 0 Å². The van der Waals surface area contributed by atoms with Crippen LogP contribution in [0.1, 0.15) is 45.3 Å². The molecule has 0 aliphatic carbocycles. The van der Waals surface area contributed by atoms with Crippen LogP contribution in [0.3, 0.4) is 0 Å². The second-order valence-corrected chi connectivity index (χ2v) is 7.50. The molecule has 0 radical (unpaired) electrons. The number of rotatable bonds is 3. The van der Waals surface area contributed by atoms with Gasteiger partial charge < -0.3 is 14.1 Å². The van der Waals surface area contributed by atoms with E-state index in [1.54, 1.807) is 0 Å². The quantitative estimate of drug-likeness (QED) is 0.757. The average Bonchev–Trinajstić information content (AvgIpc) is 3.45. The number of ether oxygens (including phenoxy) is 1. The van der Waals surface area contributed by atoms with E-state index < -0.39 is 0 Å². The highest BCUT2D eigenvalue weighted by Gasteiger charge is 2.34. The highest BCUT2D eigenvalue weighted by atomic mass is 16.5. The Bertz CT molecular complexity index is 1020. The van der Waals surface area contributed by atoms with Crippen molar-refractivity contribution in [3.8, 4) is 11.3 Å². The number of H-pyrrole nitrogens is 1. The lowest BCUT2D eigenvalue weighted by atomic mass is 9.98. The van der Waals surface area contributed by atoms with Crippen molar-refractivity contribution in [1.82, 2.24) is 20.1 Å². The third-order valence-electron chi connectivity index (χ3n) is 5.64. The summed E-state index contributed by atoms with van der Waals surface area (Å²) in [6.07, 6.45) is 3.11. The van der Waals surface area contributed by atoms with Crippen molar-refractivity contribution >= 4 is 5.91 Å². The van der Waals surface area contributed by atoms with Crippen molar-refractivity contribution in [2.45, 2.75) is 32.3 Å². The number of fused-ring (bicyclic) bond motifs is 1. The van der Waals surface area contributed by atoms with Gasteiger partial charge >= 0.3 is 0 Å². The Hall–Kier alpha value is -2.93. The van der Waals surface area contributed by atoms with E-state index in [4.69, 9.17) is 9.15 Å². The topological polar surface area (TPSA) is 84.3 Å². The molecule has 5 rings (SSSR count). The molecule has 2 aliphatic rings. The van der Waals surface area contributed by atoms with Crippen molar-refractivity contribution in [3.05, 3.63) is 58.9 Å². The third-order valence-corrected chi connectivity index (χ3v) is 5.64. The summed E-state index contributed by atoms with van der Waals surface area (Å²) in [5.41, 5.74) is 5.74. The summed E-state index contributed by atoms with van der Waals surface area (Å²) in [7, 11) is 0. The molecule has 1 unspecified atom stereocenters. The van der Waals surface area contributed by atoms with Crippen LogP contribution in [0, 0.1) is 6.92 Å². The molecular formula is C21H22N4O3. The van der Waals surface area contributed by atoms with E-state index in [9.17, 15) is 4.79 Å². The molecule has 4 heterocycles. The van der Waals surface area contributed by atoms with E-state index in [2.05, 4.69) is 15.2 Å². The van der Waals surface area contributed by atoms with Gasteiger partial charge in [0, 0.05) is 42.2 Å². The first-order chi connectivity index (χ1) is 13.7. The fourth-order valence-corrected chi connectivity index (χ4v) is 4.18. The Morgan fingerprint density at radius 2 is 2.29 bits per heavy atom. The van der Waals surface area contributed by atoms with Crippen molar-refractivity contribution in [2.24, 2.45) is 0 Å². The summed E-state index contributed by atoms with van der Waals surface area (Å²) < 4.78 is 11.2. The molecule has 1 fully saturated rings. The van der Waals surface area contributed by atoms with Crippen LogP contribution in [-0.4, -0.2) is 45.7 Å². The van der Waals surface area contributed by atoms with Crippen molar-refractivity contribution in [1.29, 1.82) is 0 Å². The van der Waals surface area contributed by atoms with Crippen molar-refractivity contribution in [2.75, 3.05) is 19.7 Å². The molecule has 0 bridgehead atoms. The number of carbonyl (C=O) groups excluding carboxylic acids is 1. The Kier molecular flexibility index (Phi) is 4.24. The Balaban J connectivity index is 1.37. The molecule has 2 aliphatic heterocycles. The minimum atomic E-state index is -0.0894. The maximum absolute atomic E-state index is 13.1. The zero-order valence-electron chi connectivity index (χ0n) is 15.8. The molecule has 2 aromatic heterocycles. The second kappa shape index (κ2) is 6.91. The molecule has 3 aromatic rings. The average molecular weight is 378 g/mol. The summed E-state index contributed by atoms with van der Waals surface area (Å²) in [4.78, 5) is 19.2. The Morgan fingerprint density at radius 1 is 1.36 bits per heavy atom. The molecule has 1 saturated heterocycles. The van der Waals surface area contributed by atoms with Crippen molar-refractivity contribution < 1.29 is 13.9 Å². The number of nitrogens with one attached hydrogen (secondary N) is 1. The van der Waals surface area contributed by atoms with Gasteiger partial charge in [-0.25, -0.2) is 4.98 Å². The van der Waals surface area contributed by atoms with Crippen LogP contribution in [-0.2, 0) is 17.8 Å². The van der Waals surface area contributed by atoms with Crippen LogP contribution < -0.4 is 0 Å². The molecule has 7 heteroatoms.